The van der Waals surface area contributed by atoms with Gasteiger partial charge in [-0.2, -0.15) is 0 Å². The summed E-state index contributed by atoms with van der Waals surface area (Å²) in [7, 11) is -2.49. The molecule has 0 aromatic carbocycles. The first-order valence-corrected chi connectivity index (χ1v) is 11.0. The summed E-state index contributed by atoms with van der Waals surface area (Å²) in [4.78, 5) is 23.2. The Hall–Kier alpha value is -1.44. The fraction of sp³-hybridized carbons (Fsp3) is 0.889. The van der Waals surface area contributed by atoms with Crippen molar-refractivity contribution in [1.29, 1.82) is 0 Å². The summed E-state index contributed by atoms with van der Waals surface area (Å²) in [5, 5.41) is 5.27. The van der Waals surface area contributed by atoms with E-state index in [9.17, 15) is 14.2 Å². The molecule has 0 radical (unpaired) electrons. The molecule has 0 aromatic heterocycles. The summed E-state index contributed by atoms with van der Waals surface area (Å²) in [5.41, 5.74) is -1.69. The van der Waals surface area contributed by atoms with E-state index in [1.54, 1.807) is 13.8 Å². The Labute approximate surface area is 169 Å². The van der Waals surface area contributed by atoms with Gasteiger partial charge < -0.3 is 20.1 Å². The third kappa shape index (κ3) is 9.17. The van der Waals surface area contributed by atoms with E-state index in [1.165, 1.54) is 0 Å². The lowest BCUT2D eigenvalue weighted by Crippen LogP contribution is -2.45. The normalized spacial score (nSPS) is 11.6. The van der Waals surface area contributed by atoms with E-state index in [2.05, 4.69) is 10.6 Å². The van der Waals surface area contributed by atoms with Gasteiger partial charge in [-0.25, -0.2) is 9.59 Å². The minimum atomic E-state index is -2.49. The van der Waals surface area contributed by atoms with Crippen LogP contribution in [0.4, 0.5) is 9.59 Å². The van der Waals surface area contributed by atoms with Crippen molar-refractivity contribution in [2.45, 2.75) is 78.4 Å². The van der Waals surface area contributed by atoms with Crippen molar-refractivity contribution >= 4 is 20.4 Å². The molecule has 0 aliphatic rings. The second kappa shape index (κ2) is 13.7. The van der Waals surface area contributed by atoms with Crippen LogP contribution in [0.2, 0.25) is 0 Å². The van der Waals surface area contributed by atoms with Crippen molar-refractivity contribution < 1.29 is 32.7 Å². The van der Waals surface area contributed by atoms with Crippen molar-refractivity contribution in [3.63, 3.8) is 0 Å². The molecular weight excluding hydrogens is 387 g/mol. The average Bonchev–Trinajstić information content (AvgIpc) is 2.69. The topological polar surface area (TPSA) is 112 Å². The first kappa shape index (κ1) is 26.6. The van der Waals surface area contributed by atoms with Gasteiger partial charge in [-0.05, 0) is 39.5 Å². The quantitative estimate of drug-likeness (QED) is 0.401. The molecular formula is C18H36N2O7P+. The number of ether oxygens (including phenoxy) is 2. The molecule has 0 saturated carbocycles. The number of rotatable bonds is 14. The van der Waals surface area contributed by atoms with E-state index in [-0.39, 0.29) is 26.3 Å². The van der Waals surface area contributed by atoms with Gasteiger partial charge in [0.2, 0.25) is 0 Å². The molecule has 0 atom stereocenters. The van der Waals surface area contributed by atoms with Gasteiger partial charge in [-0.3, -0.25) is 0 Å². The molecule has 0 bridgehead atoms. The van der Waals surface area contributed by atoms with Gasteiger partial charge in [0.15, 0.2) is 0 Å². The molecule has 2 amide bonds. The van der Waals surface area contributed by atoms with Gasteiger partial charge in [0.1, 0.15) is 11.2 Å². The van der Waals surface area contributed by atoms with Gasteiger partial charge in [0, 0.05) is 4.57 Å². The van der Waals surface area contributed by atoms with Crippen LogP contribution < -0.4 is 10.6 Å². The highest BCUT2D eigenvalue weighted by molar-refractivity contribution is 7.33. The van der Waals surface area contributed by atoms with Gasteiger partial charge >= 0.3 is 20.4 Å². The van der Waals surface area contributed by atoms with E-state index in [0.29, 0.717) is 25.7 Å². The van der Waals surface area contributed by atoms with Gasteiger partial charge in [-0.15, -0.1) is 9.05 Å². The fourth-order valence-corrected chi connectivity index (χ4v) is 3.80. The molecule has 0 unspecified atom stereocenters. The maximum absolute atomic E-state index is 12.7. The van der Waals surface area contributed by atoms with Crippen molar-refractivity contribution in [3.05, 3.63) is 0 Å². The SMILES string of the molecule is CCOC(=O)NCC(CC)(CC)O[P+](=O)OC(CC)(CC)CNC(=O)OCC. The number of alkyl carbamates (subject to hydrolysis) is 2. The summed E-state index contributed by atoms with van der Waals surface area (Å²) in [6.45, 7) is 11.8. The number of hydrogen-bond acceptors (Lipinski definition) is 7. The van der Waals surface area contributed by atoms with Crippen molar-refractivity contribution in [2.24, 2.45) is 0 Å². The van der Waals surface area contributed by atoms with Crippen LogP contribution in [0.1, 0.15) is 67.2 Å². The van der Waals surface area contributed by atoms with E-state index < -0.39 is 31.6 Å². The highest BCUT2D eigenvalue weighted by Crippen LogP contribution is 2.40. The molecule has 0 heterocycles. The van der Waals surface area contributed by atoms with E-state index in [4.69, 9.17) is 18.5 Å². The molecule has 0 spiro atoms. The predicted octanol–water partition coefficient (Wildman–Crippen LogP) is 4.29. The smallest absolute Gasteiger partial charge is 0.450 e. The van der Waals surface area contributed by atoms with Gasteiger partial charge in [0.25, 0.3) is 0 Å². The maximum Gasteiger partial charge on any atom is 0.698 e. The first-order valence-electron chi connectivity index (χ1n) is 9.92. The Morgan fingerprint density at radius 2 is 1.04 bits per heavy atom. The molecule has 28 heavy (non-hydrogen) atoms. The Morgan fingerprint density at radius 1 is 0.714 bits per heavy atom. The van der Waals surface area contributed by atoms with Crippen LogP contribution in [0.5, 0.6) is 0 Å². The molecule has 0 aromatic rings. The average molecular weight is 423 g/mol. The van der Waals surface area contributed by atoms with Crippen LogP contribution in [0.3, 0.4) is 0 Å². The second-order valence-corrected chi connectivity index (χ2v) is 7.15. The minimum Gasteiger partial charge on any atom is -0.450 e. The Bertz CT molecular complexity index is 452. The summed E-state index contributed by atoms with van der Waals surface area (Å²) >= 11 is 0. The van der Waals surface area contributed by atoms with Crippen LogP contribution in [-0.2, 0) is 23.1 Å². The lowest BCUT2D eigenvalue weighted by molar-refractivity contribution is 0.00325. The number of carbonyl (C=O) groups excluding carboxylic acids is 2. The zero-order valence-electron chi connectivity index (χ0n) is 18.0. The first-order chi connectivity index (χ1) is 13.3. The zero-order chi connectivity index (χ0) is 21.6. The summed E-state index contributed by atoms with van der Waals surface area (Å²) in [6, 6.07) is 0. The summed E-state index contributed by atoms with van der Waals surface area (Å²) in [5.74, 6) is 0. The van der Waals surface area contributed by atoms with E-state index in [1.807, 2.05) is 27.7 Å². The zero-order valence-corrected chi connectivity index (χ0v) is 18.9. The van der Waals surface area contributed by atoms with Crippen LogP contribution in [0.15, 0.2) is 0 Å². The van der Waals surface area contributed by atoms with Crippen molar-refractivity contribution in [1.82, 2.24) is 10.6 Å². The minimum absolute atomic E-state index is 0.148. The Balaban J connectivity index is 5.02. The van der Waals surface area contributed by atoms with E-state index in [0.717, 1.165) is 0 Å². The molecule has 0 aliphatic heterocycles. The maximum atomic E-state index is 12.7. The monoisotopic (exact) mass is 423 g/mol. The van der Waals surface area contributed by atoms with Crippen molar-refractivity contribution in [2.75, 3.05) is 26.3 Å². The van der Waals surface area contributed by atoms with Gasteiger partial charge in [-0.1, -0.05) is 27.7 Å². The lowest BCUT2D eigenvalue weighted by atomic mass is 9.98. The third-order valence-corrected chi connectivity index (χ3v) is 5.85. The summed E-state index contributed by atoms with van der Waals surface area (Å²) in [6.07, 6.45) is 0.978. The van der Waals surface area contributed by atoms with E-state index >= 15 is 0 Å². The molecule has 0 aliphatic carbocycles. The molecule has 9 nitrogen and oxygen atoms in total. The third-order valence-electron chi connectivity index (χ3n) is 4.77. The molecule has 2 N–H and O–H groups in total. The molecule has 0 saturated heterocycles. The fourth-order valence-electron chi connectivity index (χ4n) is 2.49. The highest BCUT2D eigenvalue weighted by atomic mass is 31.1. The van der Waals surface area contributed by atoms with Crippen LogP contribution in [0, 0.1) is 0 Å². The predicted molar refractivity (Wildman–Crippen MR) is 106 cm³/mol. The van der Waals surface area contributed by atoms with Crippen molar-refractivity contribution in [3.8, 4) is 0 Å². The lowest BCUT2D eigenvalue weighted by Gasteiger charge is -2.28. The Kier molecular flexibility index (Phi) is 13.0. The van der Waals surface area contributed by atoms with Crippen LogP contribution in [0.25, 0.3) is 0 Å². The largest absolute Gasteiger partial charge is 0.698 e. The van der Waals surface area contributed by atoms with Crippen LogP contribution in [-0.4, -0.2) is 49.7 Å². The molecule has 10 heteroatoms. The number of carbonyl (C=O) groups is 2. The van der Waals surface area contributed by atoms with Crippen LogP contribution >= 0.6 is 8.25 Å². The number of amides is 2. The standard InChI is InChI=1S/C18H35N2O7P/c1-7-17(8-2,13-19-15(21)24-11-5)26-28(23)27-18(9-3,10-4)14-20-16(22)25-12-6/h7-14H2,1-6H3,(H-,19,20,21,22)/p+1. The Morgan fingerprint density at radius 3 is 1.29 bits per heavy atom. The molecule has 0 rings (SSSR count). The number of nitrogens with one attached hydrogen (secondary N) is 2. The number of hydrogen-bond donors (Lipinski definition) is 2. The second-order valence-electron chi connectivity index (χ2n) is 6.33. The molecule has 164 valence electrons. The highest BCUT2D eigenvalue weighted by Gasteiger charge is 2.45. The van der Waals surface area contributed by atoms with Gasteiger partial charge in [0.05, 0.1) is 26.3 Å². The molecule has 0 fully saturated rings. The summed E-state index contributed by atoms with van der Waals surface area (Å²) < 4.78 is 33.9.